The number of nitrogens with two attached hydrogens (primary N) is 1. The van der Waals surface area contributed by atoms with Crippen LogP contribution >= 0.6 is 0 Å². The van der Waals surface area contributed by atoms with Crippen LogP contribution in [-0.2, 0) is 4.79 Å². The van der Waals surface area contributed by atoms with Crippen LogP contribution in [0, 0.1) is 0 Å². The van der Waals surface area contributed by atoms with Crippen molar-refractivity contribution in [3.8, 4) is 5.88 Å². The van der Waals surface area contributed by atoms with E-state index in [2.05, 4.69) is 14.1 Å². The summed E-state index contributed by atoms with van der Waals surface area (Å²) in [5.74, 6) is -0.257. The minimum absolute atomic E-state index is 0.0103. The summed E-state index contributed by atoms with van der Waals surface area (Å²) in [6, 6.07) is -0.0103. The third kappa shape index (κ3) is 1.96. The Morgan fingerprint density at radius 3 is 3.09 bits per heavy atom. The highest BCUT2D eigenvalue weighted by atomic mass is 16.6. The number of esters is 1. The lowest BCUT2D eigenvalue weighted by Crippen LogP contribution is -2.05. The van der Waals surface area contributed by atoms with Crippen LogP contribution in [0.2, 0.25) is 0 Å². The summed E-state index contributed by atoms with van der Waals surface area (Å²) in [5, 5.41) is 0. The van der Waals surface area contributed by atoms with Crippen LogP contribution in [0.25, 0.3) is 0 Å². The quantitative estimate of drug-likeness (QED) is 0.633. The van der Waals surface area contributed by atoms with Crippen LogP contribution in [0.1, 0.15) is 13.3 Å². The average Bonchev–Trinajstić information content (AvgIpc) is 2.35. The Labute approximate surface area is 63.2 Å². The summed E-state index contributed by atoms with van der Waals surface area (Å²) in [6.07, 6.45) is 1.48. The van der Waals surface area contributed by atoms with Crippen LogP contribution in [0.3, 0.4) is 0 Å². The minimum atomic E-state index is -0.363. The topological polar surface area (TPSA) is 78.3 Å². The SMILES string of the molecule is CCC(=O)Oc1coc(N)n1. The number of rotatable bonds is 2. The highest BCUT2D eigenvalue weighted by molar-refractivity contribution is 5.71. The molecule has 0 fully saturated rings. The Morgan fingerprint density at radius 1 is 1.91 bits per heavy atom. The third-order valence-corrected chi connectivity index (χ3v) is 1.01. The molecule has 0 aliphatic heterocycles. The van der Waals surface area contributed by atoms with Gasteiger partial charge in [-0.05, 0) is 0 Å². The van der Waals surface area contributed by atoms with E-state index in [9.17, 15) is 4.79 Å². The molecule has 11 heavy (non-hydrogen) atoms. The summed E-state index contributed by atoms with van der Waals surface area (Å²) in [7, 11) is 0. The number of carbonyl (C=O) groups excluding carboxylic acids is 1. The van der Waals surface area contributed by atoms with E-state index in [1.54, 1.807) is 6.92 Å². The Kier molecular flexibility index (Phi) is 2.10. The molecule has 0 saturated heterocycles. The maximum Gasteiger partial charge on any atom is 0.312 e. The fourth-order valence-electron chi connectivity index (χ4n) is 0.508. The second-order valence-corrected chi connectivity index (χ2v) is 1.85. The second kappa shape index (κ2) is 3.05. The van der Waals surface area contributed by atoms with E-state index in [-0.39, 0.29) is 17.9 Å². The average molecular weight is 156 g/mol. The highest BCUT2D eigenvalue weighted by Gasteiger charge is 2.05. The molecule has 0 radical (unpaired) electrons. The number of nitrogens with zero attached hydrogens (tertiary/aromatic N) is 1. The summed E-state index contributed by atoms with van der Waals surface area (Å²) in [5.41, 5.74) is 5.13. The van der Waals surface area contributed by atoms with E-state index >= 15 is 0 Å². The number of carbonyl (C=O) groups is 1. The molecule has 0 aromatic carbocycles. The van der Waals surface area contributed by atoms with Gasteiger partial charge in [0.1, 0.15) is 0 Å². The number of anilines is 1. The van der Waals surface area contributed by atoms with Gasteiger partial charge in [-0.1, -0.05) is 6.92 Å². The molecular formula is C6H8N2O3. The number of nitrogen functional groups attached to an aromatic ring is 1. The van der Waals surface area contributed by atoms with Crippen molar-refractivity contribution in [1.29, 1.82) is 0 Å². The van der Waals surface area contributed by atoms with Gasteiger partial charge in [0.25, 0.3) is 11.9 Å². The molecule has 0 atom stereocenters. The molecule has 0 saturated carbocycles. The Morgan fingerprint density at radius 2 is 2.64 bits per heavy atom. The fraction of sp³-hybridized carbons (Fsp3) is 0.333. The lowest BCUT2D eigenvalue weighted by Gasteiger charge is -1.93. The van der Waals surface area contributed by atoms with Gasteiger partial charge >= 0.3 is 5.97 Å². The normalized spacial score (nSPS) is 9.55. The maximum absolute atomic E-state index is 10.6. The van der Waals surface area contributed by atoms with E-state index in [0.717, 1.165) is 0 Å². The monoisotopic (exact) mass is 156 g/mol. The standard InChI is InChI=1S/C6H8N2O3/c1-2-5(9)11-4-3-10-6(7)8-4/h3H,2H2,1H3,(H2,7,8). The van der Waals surface area contributed by atoms with Gasteiger partial charge in [0.15, 0.2) is 6.26 Å². The van der Waals surface area contributed by atoms with Gasteiger partial charge in [-0.25, -0.2) is 0 Å². The molecule has 5 heteroatoms. The van der Waals surface area contributed by atoms with Gasteiger partial charge < -0.3 is 14.9 Å². The fourth-order valence-corrected chi connectivity index (χ4v) is 0.508. The molecule has 1 aromatic heterocycles. The summed E-state index contributed by atoms with van der Waals surface area (Å²) in [4.78, 5) is 14.2. The molecule has 5 nitrogen and oxygen atoms in total. The second-order valence-electron chi connectivity index (χ2n) is 1.85. The first kappa shape index (κ1) is 7.59. The van der Waals surface area contributed by atoms with Crippen molar-refractivity contribution in [2.24, 2.45) is 0 Å². The van der Waals surface area contributed by atoms with Crippen molar-refractivity contribution in [1.82, 2.24) is 4.98 Å². The molecule has 0 amide bonds. The van der Waals surface area contributed by atoms with E-state index in [1.807, 2.05) is 0 Å². The van der Waals surface area contributed by atoms with Crippen molar-refractivity contribution in [3.63, 3.8) is 0 Å². The molecule has 0 bridgehead atoms. The van der Waals surface area contributed by atoms with E-state index in [0.29, 0.717) is 6.42 Å². The largest absolute Gasteiger partial charge is 0.428 e. The van der Waals surface area contributed by atoms with Gasteiger partial charge in [0, 0.05) is 6.42 Å². The van der Waals surface area contributed by atoms with Gasteiger partial charge in [-0.3, -0.25) is 4.79 Å². The first-order valence-electron chi connectivity index (χ1n) is 3.14. The molecule has 2 N–H and O–H groups in total. The zero-order chi connectivity index (χ0) is 8.27. The Hall–Kier alpha value is -1.52. The van der Waals surface area contributed by atoms with Gasteiger partial charge in [-0.15, -0.1) is 0 Å². The zero-order valence-corrected chi connectivity index (χ0v) is 6.03. The summed E-state index contributed by atoms with van der Waals surface area (Å²) < 4.78 is 9.26. The van der Waals surface area contributed by atoms with Gasteiger partial charge in [0.2, 0.25) is 0 Å². The van der Waals surface area contributed by atoms with Crippen molar-refractivity contribution in [3.05, 3.63) is 6.26 Å². The van der Waals surface area contributed by atoms with Crippen LogP contribution < -0.4 is 10.5 Å². The maximum atomic E-state index is 10.6. The lowest BCUT2D eigenvalue weighted by molar-refractivity contribution is -0.134. The van der Waals surface area contributed by atoms with Gasteiger partial charge in [0.05, 0.1) is 0 Å². The summed E-state index contributed by atoms with van der Waals surface area (Å²) in [6.45, 7) is 1.69. The zero-order valence-electron chi connectivity index (χ0n) is 6.03. The first-order valence-corrected chi connectivity index (χ1v) is 3.14. The van der Waals surface area contributed by atoms with Crippen molar-refractivity contribution in [2.45, 2.75) is 13.3 Å². The number of hydrogen-bond donors (Lipinski definition) is 1. The van der Waals surface area contributed by atoms with E-state index in [4.69, 9.17) is 5.73 Å². The van der Waals surface area contributed by atoms with Crippen LogP contribution in [0.5, 0.6) is 5.88 Å². The minimum Gasteiger partial charge on any atom is -0.428 e. The molecule has 1 rings (SSSR count). The molecular weight excluding hydrogens is 148 g/mol. The van der Waals surface area contributed by atoms with Crippen LogP contribution in [0.15, 0.2) is 10.7 Å². The molecule has 60 valence electrons. The molecule has 1 heterocycles. The van der Waals surface area contributed by atoms with Gasteiger partial charge in [-0.2, -0.15) is 4.98 Å². The van der Waals surface area contributed by atoms with E-state index < -0.39 is 0 Å². The number of hydrogen-bond acceptors (Lipinski definition) is 5. The van der Waals surface area contributed by atoms with Crippen LogP contribution in [0.4, 0.5) is 6.01 Å². The third-order valence-electron chi connectivity index (χ3n) is 1.01. The number of oxazole rings is 1. The molecule has 1 aromatic rings. The van der Waals surface area contributed by atoms with E-state index in [1.165, 1.54) is 6.26 Å². The predicted molar refractivity (Wildman–Crippen MR) is 36.8 cm³/mol. The number of ether oxygens (including phenoxy) is 1. The van der Waals surface area contributed by atoms with Crippen molar-refractivity contribution >= 4 is 12.0 Å². The first-order chi connectivity index (χ1) is 5.22. The molecule has 0 aliphatic carbocycles. The molecule has 0 aliphatic rings. The summed E-state index contributed by atoms with van der Waals surface area (Å²) >= 11 is 0. The Bertz CT molecular complexity index is 256. The van der Waals surface area contributed by atoms with Crippen LogP contribution in [-0.4, -0.2) is 11.0 Å². The Balaban J connectivity index is 2.57. The highest BCUT2D eigenvalue weighted by Crippen LogP contribution is 2.11. The smallest absolute Gasteiger partial charge is 0.312 e. The molecule has 0 unspecified atom stereocenters. The van der Waals surface area contributed by atoms with Crippen molar-refractivity contribution in [2.75, 3.05) is 5.73 Å². The lowest BCUT2D eigenvalue weighted by atomic mass is 10.5. The predicted octanol–water partition coefficient (Wildman–Crippen LogP) is 0.572. The van der Waals surface area contributed by atoms with Crippen molar-refractivity contribution < 1.29 is 13.9 Å². The molecule has 0 spiro atoms. The number of aromatic nitrogens is 1.